The monoisotopic (exact) mass is 303 g/mol. The Labute approximate surface area is 126 Å². The molecule has 0 saturated heterocycles. The third-order valence-corrected chi connectivity index (χ3v) is 3.76. The molecule has 2 atom stereocenters. The van der Waals surface area contributed by atoms with Gasteiger partial charge in [-0.25, -0.2) is 0 Å². The van der Waals surface area contributed by atoms with Crippen LogP contribution < -0.4 is 5.32 Å². The second-order valence-corrected chi connectivity index (χ2v) is 5.91. The van der Waals surface area contributed by atoms with Gasteiger partial charge in [-0.3, -0.25) is 0 Å². The van der Waals surface area contributed by atoms with Crippen molar-refractivity contribution in [1.29, 1.82) is 0 Å². The van der Waals surface area contributed by atoms with E-state index in [1.165, 1.54) is 0 Å². The number of ether oxygens (including phenoxy) is 1. The van der Waals surface area contributed by atoms with Crippen LogP contribution in [0.5, 0.6) is 0 Å². The average Bonchev–Trinajstić information content (AvgIpc) is 2.33. The SMILES string of the molecule is CCOCC(NC(C)c1ccc(Cl)cc1Cl)C(C)C. The summed E-state index contributed by atoms with van der Waals surface area (Å²) in [5, 5.41) is 4.94. The molecule has 0 radical (unpaired) electrons. The summed E-state index contributed by atoms with van der Waals surface area (Å²) >= 11 is 12.2. The summed E-state index contributed by atoms with van der Waals surface area (Å²) in [4.78, 5) is 0. The first-order valence-electron chi connectivity index (χ1n) is 6.74. The minimum absolute atomic E-state index is 0.164. The van der Waals surface area contributed by atoms with Crippen molar-refractivity contribution in [2.75, 3.05) is 13.2 Å². The minimum Gasteiger partial charge on any atom is -0.380 e. The molecule has 0 saturated carbocycles. The quantitative estimate of drug-likeness (QED) is 0.788. The lowest BCUT2D eigenvalue weighted by Gasteiger charge is -2.27. The zero-order chi connectivity index (χ0) is 14.4. The Morgan fingerprint density at radius 1 is 1.21 bits per heavy atom. The Hall–Kier alpha value is -0.280. The number of hydrogen-bond donors (Lipinski definition) is 1. The van der Waals surface area contributed by atoms with Gasteiger partial charge in [-0.05, 0) is 37.5 Å². The van der Waals surface area contributed by atoms with E-state index in [1.807, 2.05) is 19.1 Å². The van der Waals surface area contributed by atoms with Crippen molar-refractivity contribution in [3.8, 4) is 0 Å². The lowest BCUT2D eigenvalue weighted by Crippen LogP contribution is -2.39. The predicted molar refractivity (Wildman–Crippen MR) is 83.1 cm³/mol. The molecule has 1 aromatic carbocycles. The van der Waals surface area contributed by atoms with E-state index in [0.29, 0.717) is 28.6 Å². The van der Waals surface area contributed by atoms with Gasteiger partial charge in [-0.1, -0.05) is 43.1 Å². The van der Waals surface area contributed by atoms with Crippen LogP contribution >= 0.6 is 23.2 Å². The van der Waals surface area contributed by atoms with Crippen molar-refractivity contribution < 1.29 is 4.74 Å². The van der Waals surface area contributed by atoms with Gasteiger partial charge in [0.1, 0.15) is 0 Å². The van der Waals surface area contributed by atoms with Crippen LogP contribution in [-0.2, 0) is 4.74 Å². The molecule has 1 aromatic rings. The van der Waals surface area contributed by atoms with Crippen molar-refractivity contribution in [2.45, 2.75) is 39.8 Å². The third-order valence-electron chi connectivity index (χ3n) is 3.20. The van der Waals surface area contributed by atoms with Crippen LogP contribution in [0, 0.1) is 5.92 Å². The van der Waals surface area contributed by atoms with Crippen LogP contribution in [0.4, 0.5) is 0 Å². The summed E-state index contributed by atoms with van der Waals surface area (Å²) < 4.78 is 5.53. The van der Waals surface area contributed by atoms with Crippen LogP contribution in [-0.4, -0.2) is 19.3 Å². The molecule has 0 bridgehead atoms. The zero-order valence-corrected chi connectivity index (χ0v) is 13.6. The first-order valence-corrected chi connectivity index (χ1v) is 7.50. The molecule has 0 aromatic heterocycles. The van der Waals surface area contributed by atoms with Gasteiger partial charge >= 0.3 is 0 Å². The summed E-state index contributed by atoms with van der Waals surface area (Å²) in [6.45, 7) is 9.94. The highest BCUT2D eigenvalue weighted by Crippen LogP contribution is 2.26. The van der Waals surface area contributed by atoms with Crippen LogP contribution in [0.25, 0.3) is 0 Å². The number of hydrogen-bond acceptors (Lipinski definition) is 2. The first kappa shape index (κ1) is 16.8. The largest absolute Gasteiger partial charge is 0.380 e. The van der Waals surface area contributed by atoms with Crippen LogP contribution in [0.1, 0.15) is 39.3 Å². The van der Waals surface area contributed by atoms with Crippen LogP contribution in [0.2, 0.25) is 10.0 Å². The van der Waals surface area contributed by atoms with Gasteiger partial charge in [-0.2, -0.15) is 0 Å². The molecule has 19 heavy (non-hydrogen) atoms. The van der Waals surface area contributed by atoms with Crippen molar-refractivity contribution in [2.24, 2.45) is 5.92 Å². The summed E-state index contributed by atoms with van der Waals surface area (Å²) in [7, 11) is 0. The Balaban J connectivity index is 2.72. The molecule has 108 valence electrons. The fourth-order valence-corrected chi connectivity index (χ4v) is 2.51. The highest BCUT2D eigenvalue weighted by atomic mass is 35.5. The molecule has 4 heteroatoms. The lowest BCUT2D eigenvalue weighted by atomic mass is 10.0. The van der Waals surface area contributed by atoms with Crippen molar-refractivity contribution in [3.63, 3.8) is 0 Å². The highest BCUT2D eigenvalue weighted by molar-refractivity contribution is 6.35. The van der Waals surface area contributed by atoms with E-state index >= 15 is 0 Å². The lowest BCUT2D eigenvalue weighted by molar-refractivity contribution is 0.104. The first-order chi connectivity index (χ1) is 8.95. The standard InChI is InChI=1S/C15H23Cl2NO/c1-5-19-9-15(10(2)3)18-11(4)13-7-6-12(16)8-14(13)17/h6-8,10-11,15,18H,5,9H2,1-4H3. The van der Waals surface area contributed by atoms with Gasteiger partial charge in [0.05, 0.1) is 6.61 Å². The van der Waals surface area contributed by atoms with Crippen molar-refractivity contribution in [3.05, 3.63) is 33.8 Å². The smallest absolute Gasteiger partial charge is 0.0622 e. The maximum atomic E-state index is 6.24. The summed E-state index contributed by atoms with van der Waals surface area (Å²) in [5.41, 5.74) is 1.06. The molecule has 0 heterocycles. The second kappa shape index (κ2) is 8.11. The number of halogens is 2. The number of nitrogens with one attached hydrogen (secondary N) is 1. The highest BCUT2D eigenvalue weighted by Gasteiger charge is 2.18. The van der Waals surface area contributed by atoms with Gasteiger partial charge in [0, 0.05) is 28.7 Å². The average molecular weight is 304 g/mol. The Bertz CT molecular complexity index is 396. The van der Waals surface area contributed by atoms with E-state index in [-0.39, 0.29) is 6.04 Å². The molecule has 0 aliphatic rings. The van der Waals surface area contributed by atoms with E-state index in [1.54, 1.807) is 6.07 Å². The maximum absolute atomic E-state index is 6.24. The molecular weight excluding hydrogens is 281 g/mol. The molecule has 0 spiro atoms. The van der Waals surface area contributed by atoms with E-state index in [2.05, 4.69) is 26.1 Å². The van der Waals surface area contributed by atoms with Gasteiger partial charge < -0.3 is 10.1 Å². The summed E-state index contributed by atoms with van der Waals surface area (Å²) in [6.07, 6.45) is 0. The molecule has 0 aliphatic heterocycles. The van der Waals surface area contributed by atoms with E-state index < -0.39 is 0 Å². The number of benzene rings is 1. The maximum Gasteiger partial charge on any atom is 0.0622 e. The Morgan fingerprint density at radius 2 is 1.89 bits per heavy atom. The van der Waals surface area contributed by atoms with Crippen LogP contribution in [0.15, 0.2) is 18.2 Å². The second-order valence-electron chi connectivity index (χ2n) is 5.06. The topological polar surface area (TPSA) is 21.3 Å². The molecule has 2 nitrogen and oxygen atoms in total. The van der Waals surface area contributed by atoms with Gasteiger partial charge in [0.25, 0.3) is 0 Å². The summed E-state index contributed by atoms with van der Waals surface area (Å²) in [6, 6.07) is 6.09. The molecule has 2 unspecified atom stereocenters. The zero-order valence-electron chi connectivity index (χ0n) is 12.0. The molecule has 0 aliphatic carbocycles. The van der Waals surface area contributed by atoms with Gasteiger partial charge in [0.2, 0.25) is 0 Å². The fourth-order valence-electron chi connectivity index (χ4n) is 1.94. The van der Waals surface area contributed by atoms with Crippen LogP contribution in [0.3, 0.4) is 0 Å². The van der Waals surface area contributed by atoms with Gasteiger partial charge in [-0.15, -0.1) is 0 Å². The Kier molecular flexibility index (Phi) is 7.16. The molecular formula is C15H23Cl2NO. The molecule has 0 amide bonds. The van der Waals surface area contributed by atoms with E-state index in [0.717, 1.165) is 12.2 Å². The van der Waals surface area contributed by atoms with E-state index in [9.17, 15) is 0 Å². The van der Waals surface area contributed by atoms with E-state index in [4.69, 9.17) is 27.9 Å². The van der Waals surface area contributed by atoms with Gasteiger partial charge in [0.15, 0.2) is 0 Å². The molecule has 0 fully saturated rings. The Morgan fingerprint density at radius 3 is 2.42 bits per heavy atom. The summed E-state index contributed by atoms with van der Waals surface area (Å²) in [5.74, 6) is 0.500. The minimum atomic E-state index is 0.164. The normalized spacial score (nSPS) is 14.7. The van der Waals surface area contributed by atoms with Crippen molar-refractivity contribution in [1.82, 2.24) is 5.32 Å². The fraction of sp³-hybridized carbons (Fsp3) is 0.600. The van der Waals surface area contributed by atoms with Crippen molar-refractivity contribution >= 4 is 23.2 Å². The predicted octanol–water partition coefficient (Wildman–Crippen LogP) is 4.71. The molecule has 1 rings (SSSR count). The third kappa shape index (κ3) is 5.31. The number of rotatable bonds is 7. The molecule has 1 N–H and O–H groups in total.